The van der Waals surface area contributed by atoms with Crippen molar-refractivity contribution in [2.24, 2.45) is 0 Å². The monoisotopic (exact) mass is 300 g/mol. The highest BCUT2D eigenvalue weighted by molar-refractivity contribution is 9.10. The minimum absolute atomic E-state index is 0.360. The van der Waals surface area contributed by atoms with Gasteiger partial charge in [-0.05, 0) is 34.1 Å². The average Bonchev–Trinajstić information content (AvgIpc) is 2.30. The lowest BCUT2D eigenvalue weighted by molar-refractivity contribution is 0.0600. The molecule has 0 unspecified atom stereocenters. The van der Waals surface area contributed by atoms with E-state index >= 15 is 0 Å². The summed E-state index contributed by atoms with van der Waals surface area (Å²) in [6.45, 7) is 0. The standard InChI is InChI=1S/C12H10BrClO2/c1-16-12(15)10-6-5-9(11(13)8-10)4-2-3-7-14/h5-6,8H,3,7H2,1H3. The highest BCUT2D eigenvalue weighted by atomic mass is 79.9. The molecule has 0 saturated heterocycles. The van der Waals surface area contributed by atoms with Gasteiger partial charge in [-0.3, -0.25) is 0 Å². The van der Waals surface area contributed by atoms with Crippen LogP contribution >= 0.6 is 27.5 Å². The summed E-state index contributed by atoms with van der Waals surface area (Å²) in [5, 5.41) is 0. The predicted octanol–water partition coefficient (Wildman–Crippen LogP) is 3.22. The number of benzene rings is 1. The minimum atomic E-state index is -0.360. The molecule has 0 bridgehead atoms. The van der Waals surface area contributed by atoms with Gasteiger partial charge in [0.25, 0.3) is 0 Å². The second kappa shape index (κ2) is 6.57. The van der Waals surface area contributed by atoms with Crippen LogP contribution in [0, 0.1) is 11.8 Å². The molecule has 0 heterocycles. The van der Waals surface area contributed by atoms with Crippen LogP contribution in [0.25, 0.3) is 0 Å². The number of esters is 1. The molecule has 84 valence electrons. The molecule has 2 nitrogen and oxygen atoms in total. The van der Waals surface area contributed by atoms with Gasteiger partial charge in [0, 0.05) is 22.3 Å². The molecule has 1 aromatic carbocycles. The van der Waals surface area contributed by atoms with Crippen molar-refractivity contribution in [2.45, 2.75) is 6.42 Å². The summed E-state index contributed by atoms with van der Waals surface area (Å²) in [7, 11) is 1.35. The van der Waals surface area contributed by atoms with Gasteiger partial charge in [-0.1, -0.05) is 11.8 Å². The molecule has 0 aliphatic rings. The fraction of sp³-hybridized carbons (Fsp3) is 0.250. The number of alkyl halides is 1. The van der Waals surface area contributed by atoms with Crippen molar-refractivity contribution in [2.75, 3.05) is 13.0 Å². The molecule has 0 amide bonds. The summed E-state index contributed by atoms with van der Waals surface area (Å²) in [6, 6.07) is 5.15. The molecule has 0 aromatic heterocycles. The number of carbonyl (C=O) groups is 1. The Kier molecular flexibility index (Phi) is 5.37. The van der Waals surface area contributed by atoms with E-state index < -0.39 is 0 Å². The van der Waals surface area contributed by atoms with Crippen molar-refractivity contribution < 1.29 is 9.53 Å². The lowest BCUT2D eigenvalue weighted by atomic mass is 10.1. The molecule has 4 heteroatoms. The van der Waals surface area contributed by atoms with Crippen LogP contribution in [0.2, 0.25) is 0 Å². The number of methoxy groups -OCH3 is 1. The van der Waals surface area contributed by atoms with Gasteiger partial charge in [-0.25, -0.2) is 4.79 Å². The van der Waals surface area contributed by atoms with Gasteiger partial charge in [-0.2, -0.15) is 0 Å². The Hall–Kier alpha value is -0.980. The maximum Gasteiger partial charge on any atom is 0.337 e. The number of carbonyl (C=O) groups excluding carboxylic acids is 1. The van der Waals surface area contributed by atoms with E-state index in [4.69, 9.17) is 11.6 Å². The largest absolute Gasteiger partial charge is 0.465 e. The van der Waals surface area contributed by atoms with E-state index in [9.17, 15) is 4.79 Å². The van der Waals surface area contributed by atoms with Crippen LogP contribution < -0.4 is 0 Å². The average molecular weight is 302 g/mol. The first-order valence-electron chi connectivity index (χ1n) is 4.61. The van der Waals surface area contributed by atoms with Gasteiger partial charge in [0.05, 0.1) is 12.7 Å². The predicted molar refractivity (Wildman–Crippen MR) is 67.7 cm³/mol. The van der Waals surface area contributed by atoms with Crippen molar-refractivity contribution in [3.05, 3.63) is 33.8 Å². The first kappa shape index (κ1) is 13.1. The topological polar surface area (TPSA) is 26.3 Å². The SMILES string of the molecule is COC(=O)c1ccc(C#CCCCl)c(Br)c1. The van der Waals surface area contributed by atoms with Crippen molar-refractivity contribution >= 4 is 33.5 Å². The van der Waals surface area contributed by atoms with Gasteiger partial charge in [-0.15, -0.1) is 11.6 Å². The molecule has 1 aromatic rings. The van der Waals surface area contributed by atoms with Crippen LogP contribution in [0.5, 0.6) is 0 Å². The third-order valence-electron chi connectivity index (χ3n) is 1.83. The Morgan fingerprint density at radius 1 is 1.56 bits per heavy atom. The van der Waals surface area contributed by atoms with Crippen LogP contribution in [0.3, 0.4) is 0 Å². The minimum Gasteiger partial charge on any atom is -0.465 e. The van der Waals surface area contributed by atoms with E-state index in [2.05, 4.69) is 32.5 Å². The lowest BCUT2D eigenvalue weighted by Crippen LogP contribution is -2.01. The number of hydrogen-bond donors (Lipinski definition) is 0. The molecule has 0 fully saturated rings. The van der Waals surface area contributed by atoms with E-state index in [1.807, 2.05) is 0 Å². The van der Waals surface area contributed by atoms with Crippen molar-refractivity contribution in [1.82, 2.24) is 0 Å². The highest BCUT2D eigenvalue weighted by Gasteiger charge is 2.06. The summed E-state index contributed by atoms with van der Waals surface area (Å²) in [6.07, 6.45) is 0.646. The van der Waals surface area contributed by atoms with Crippen LogP contribution in [0.15, 0.2) is 22.7 Å². The first-order chi connectivity index (χ1) is 7.69. The fourth-order valence-corrected chi connectivity index (χ4v) is 1.64. The zero-order valence-corrected chi connectivity index (χ0v) is 11.1. The molecule has 0 saturated carbocycles. The van der Waals surface area contributed by atoms with Crippen molar-refractivity contribution in [3.63, 3.8) is 0 Å². The summed E-state index contributed by atoms with van der Waals surface area (Å²) in [5.74, 6) is 6.05. The zero-order chi connectivity index (χ0) is 12.0. The van der Waals surface area contributed by atoms with Crippen LogP contribution in [0.4, 0.5) is 0 Å². The Balaban J connectivity index is 2.93. The van der Waals surface area contributed by atoms with Gasteiger partial charge >= 0.3 is 5.97 Å². The molecule has 16 heavy (non-hydrogen) atoms. The first-order valence-corrected chi connectivity index (χ1v) is 5.94. The third-order valence-corrected chi connectivity index (χ3v) is 2.68. The van der Waals surface area contributed by atoms with Crippen LogP contribution in [-0.2, 0) is 4.74 Å². The van der Waals surface area contributed by atoms with Gasteiger partial charge < -0.3 is 4.74 Å². The maximum atomic E-state index is 11.2. The quantitative estimate of drug-likeness (QED) is 0.476. The maximum absolute atomic E-state index is 11.2. The zero-order valence-electron chi connectivity index (χ0n) is 8.72. The Bertz CT molecular complexity index is 446. The highest BCUT2D eigenvalue weighted by Crippen LogP contribution is 2.18. The van der Waals surface area contributed by atoms with E-state index in [1.165, 1.54) is 7.11 Å². The van der Waals surface area contributed by atoms with Crippen molar-refractivity contribution in [1.29, 1.82) is 0 Å². The van der Waals surface area contributed by atoms with Crippen LogP contribution in [0.1, 0.15) is 22.3 Å². The molecule has 0 spiro atoms. The van der Waals surface area contributed by atoms with E-state index in [1.54, 1.807) is 18.2 Å². The van der Waals surface area contributed by atoms with E-state index in [0.717, 1.165) is 10.0 Å². The number of ether oxygens (including phenoxy) is 1. The molecule has 0 radical (unpaired) electrons. The summed E-state index contributed by atoms with van der Waals surface area (Å²) < 4.78 is 5.39. The fourth-order valence-electron chi connectivity index (χ4n) is 1.07. The molecule has 0 atom stereocenters. The molecule has 0 aliphatic heterocycles. The normalized spacial score (nSPS) is 9.19. The second-order valence-electron chi connectivity index (χ2n) is 2.93. The second-order valence-corrected chi connectivity index (χ2v) is 4.16. The Labute approximate surface area is 108 Å². The number of halogens is 2. The Morgan fingerprint density at radius 2 is 2.31 bits per heavy atom. The van der Waals surface area contributed by atoms with Gasteiger partial charge in [0.15, 0.2) is 0 Å². The van der Waals surface area contributed by atoms with E-state index in [-0.39, 0.29) is 5.97 Å². The summed E-state index contributed by atoms with van der Waals surface area (Å²) in [5.41, 5.74) is 1.33. The number of rotatable bonds is 2. The molecule has 0 N–H and O–H groups in total. The molecular formula is C12H10BrClO2. The molecule has 0 aliphatic carbocycles. The van der Waals surface area contributed by atoms with Crippen LogP contribution in [-0.4, -0.2) is 19.0 Å². The van der Waals surface area contributed by atoms with Gasteiger partial charge in [0.2, 0.25) is 0 Å². The summed E-state index contributed by atoms with van der Waals surface area (Å²) in [4.78, 5) is 11.2. The van der Waals surface area contributed by atoms with Gasteiger partial charge in [0.1, 0.15) is 0 Å². The third kappa shape index (κ3) is 3.55. The molecule has 1 rings (SSSR count). The van der Waals surface area contributed by atoms with Crippen molar-refractivity contribution in [3.8, 4) is 11.8 Å². The smallest absolute Gasteiger partial charge is 0.337 e. The Morgan fingerprint density at radius 3 is 2.88 bits per heavy atom. The van der Waals surface area contributed by atoms with E-state index in [0.29, 0.717) is 17.9 Å². The number of hydrogen-bond acceptors (Lipinski definition) is 2. The molecular weight excluding hydrogens is 291 g/mol. The summed E-state index contributed by atoms with van der Waals surface area (Å²) >= 11 is 8.87. The lowest BCUT2D eigenvalue weighted by Gasteiger charge is -2.01.